The molecule has 1 amide bonds. The van der Waals surface area contributed by atoms with Gasteiger partial charge in [-0.1, -0.05) is 6.92 Å². The number of benzene rings is 1. The third kappa shape index (κ3) is 5.83. The molecular formula is C15H19N3O7. The van der Waals surface area contributed by atoms with Gasteiger partial charge < -0.3 is 9.64 Å². The zero-order chi connectivity index (χ0) is 19.0. The van der Waals surface area contributed by atoms with Crippen molar-refractivity contribution in [2.24, 2.45) is 0 Å². The Morgan fingerprint density at radius 3 is 2.04 bits per heavy atom. The van der Waals surface area contributed by atoms with Gasteiger partial charge in [0.2, 0.25) is 0 Å². The molecule has 0 spiro atoms. The Morgan fingerprint density at radius 1 is 1.04 bits per heavy atom. The molecule has 0 aliphatic heterocycles. The van der Waals surface area contributed by atoms with Gasteiger partial charge in [-0.3, -0.25) is 29.8 Å². The number of nitro benzene ring substituents is 2. The number of carbonyl (C=O) groups excluding carboxylic acids is 2. The molecule has 0 fully saturated rings. The molecule has 0 bridgehead atoms. The van der Waals surface area contributed by atoms with Crippen molar-refractivity contribution in [1.29, 1.82) is 0 Å². The summed E-state index contributed by atoms with van der Waals surface area (Å²) in [6, 6.07) is 2.77. The van der Waals surface area contributed by atoms with E-state index in [0.29, 0.717) is 13.0 Å². The van der Waals surface area contributed by atoms with E-state index in [4.69, 9.17) is 4.74 Å². The van der Waals surface area contributed by atoms with E-state index >= 15 is 0 Å². The van der Waals surface area contributed by atoms with Crippen molar-refractivity contribution in [2.45, 2.75) is 26.7 Å². The molecule has 10 heteroatoms. The Labute approximate surface area is 143 Å². The van der Waals surface area contributed by atoms with Crippen molar-refractivity contribution in [1.82, 2.24) is 4.90 Å². The highest BCUT2D eigenvalue weighted by molar-refractivity contribution is 5.95. The molecule has 1 rings (SSSR count). The maximum absolute atomic E-state index is 12.6. The van der Waals surface area contributed by atoms with Crippen molar-refractivity contribution in [3.8, 4) is 0 Å². The quantitative estimate of drug-likeness (QED) is 0.378. The van der Waals surface area contributed by atoms with Crippen LogP contribution in [0.25, 0.3) is 0 Å². The fraction of sp³-hybridized carbons (Fsp3) is 0.467. The molecule has 0 aliphatic rings. The van der Waals surface area contributed by atoms with Crippen LogP contribution in [-0.2, 0) is 9.53 Å². The Hall–Kier alpha value is -3.04. The monoisotopic (exact) mass is 353 g/mol. The van der Waals surface area contributed by atoms with Crippen molar-refractivity contribution in [3.63, 3.8) is 0 Å². The number of ether oxygens (including phenoxy) is 1. The van der Waals surface area contributed by atoms with Gasteiger partial charge in [0.1, 0.15) is 0 Å². The SMILES string of the molecule is CCCN(CCC(=O)OCC)C(=O)c1cc([N+](=O)[O-])cc([N+](=O)[O-])c1. The number of nitro groups is 2. The van der Waals surface area contributed by atoms with Crippen molar-refractivity contribution >= 4 is 23.3 Å². The van der Waals surface area contributed by atoms with E-state index in [-0.39, 0.29) is 25.1 Å². The lowest BCUT2D eigenvalue weighted by molar-refractivity contribution is -0.394. The van der Waals surface area contributed by atoms with Crippen LogP contribution < -0.4 is 0 Å². The van der Waals surface area contributed by atoms with Gasteiger partial charge in [-0.05, 0) is 13.3 Å². The van der Waals surface area contributed by atoms with Gasteiger partial charge in [0.25, 0.3) is 17.3 Å². The normalized spacial score (nSPS) is 10.2. The number of carbonyl (C=O) groups is 2. The predicted molar refractivity (Wildman–Crippen MR) is 87.2 cm³/mol. The second kappa shape index (κ2) is 9.30. The van der Waals surface area contributed by atoms with Gasteiger partial charge in [-0.2, -0.15) is 0 Å². The topological polar surface area (TPSA) is 133 Å². The van der Waals surface area contributed by atoms with Gasteiger partial charge in [0.05, 0.1) is 34.5 Å². The van der Waals surface area contributed by atoms with E-state index in [0.717, 1.165) is 18.2 Å². The Kier molecular flexibility index (Phi) is 7.44. The molecule has 0 aliphatic carbocycles. The second-order valence-electron chi connectivity index (χ2n) is 5.10. The fourth-order valence-electron chi connectivity index (χ4n) is 2.16. The van der Waals surface area contributed by atoms with Crippen LogP contribution in [0.5, 0.6) is 0 Å². The highest BCUT2D eigenvalue weighted by atomic mass is 16.6. The highest BCUT2D eigenvalue weighted by Gasteiger charge is 2.23. The van der Waals surface area contributed by atoms with Crippen LogP contribution in [0.4, 0.5) is 11.4 Å². The summed E-state index contributed by atoms with van der Waals surface area (Å²) >= 11 is 0. The Morgan fingerprint density at radius 2 is 1.60 bits per heavy atom. The number of amides is 1. The standard InChI is InChI=1S/C15H19N3O7/c1-3-6-16(7-5-14(19)25-4-2)15(20)11-8-12(17(21)22)10-13(9-11)18(23)24/h8-10H,3-7H2,1-2H3. The fourth-order valence-corrected chi connectivity index (χ4v) is 2.16. The zero-order valence-electron chi connectivity index (χ0n) is 14.0. The Balaban J connectivity index is 3.08. The van der Waals surface area contributed by atoms with Gasteiger partial charge in [-0.15, -0.1) is 0 Å². The number of non-ortho nitro benzene ring substituents is 2. The van der Waals surface area contributed by atoms with Crippen LogP contribution >= 0.6 is 0 Å². The van der Waals surface area contributed by atoms with E-state index in [9.17, 15) is 29.8 Å². The molecule has 136 valence electrons. The Bertz CT molecular complexity index is 643. The molecule has 0 atom stereocenters. The largest absolute Gasteiger partial charge is 0.466 e. The van der Waals surface area contributed by atoms with Crippen LogP contribution in [-0.4, -0.2) is 46.3 Å². The van der Waals surface area contributed by atoms with Crippen molar-refractivity contribution in [2.75, 3.05) is 19.7 Å². The van der Waals surface area contributed by atoms with Crippen LogP contribution in [0.2, 0.25) is 0 Å². The average molecular weight is 353 g/mol. The van der Waals surface area contributed by atoms with Crippen LogP contribution in [0.1, 0.15) is 37.0 Å². The summed E-state index contributed by atoms with van der Waals surface area (Å²) in [6.45, 7) is 4.06. The summed E-state index contributed by atoms with van der Waals surface area (Å²) in [5, 5.41) is 21.9. The molecule has 10 nitrogen and oxygen atoms in total. The summed E-state index contributed by atoms with van der Waals surface area (Å²) < 4.78 is 4.80. The number of esters is 1. The molecular weight excluding hydrogens is 334 g/mol. The maximum atomic E-state index is 12.6. The molecule has 25 heavy (non-hydrogen) atoms. The molecule has 1 aromatic carbocycles. The van der Waals surface area contributed by atoms with Gasteiger partial charge in [0, 0.05) is 25.2 Å². The predicted octanol–water partition coefficient (Wildman–Crippen LogP) is 2.31. The third-order valence-electron chi connectivity index (χ3n) is 3.24. The zero-order valence-corrected chi connectivity index (χ0v) is 14.0. The van der Waals surface area contributed by atoms with Crippen LogP contribution in [0, 0.1) is 20.2 Å². The van der Waals surface area contributed by atoms with Gasteiger partial charge in [-0.25, -0.2) is 0 Å². The molecule has 1 aromatic rings. The molecule has 0 saturated heterocycles. The lowest BCUT2D eigenvalue weighted by Gasteiger charge is -2.21. The molecule has 0 aromatic heterocycles. The summed E-state index contributed by atoms with van der Waals surface area (Å²) in [4.78, 5) is 45.6. The molecule has 0 N–H and O–H groups in total. The number of hydrogen-bond donors (Lipinski definition) is 0. The molecule has 0 unspecified atom stereocenters. The van der Waals surface area contributed by atoms with Crippen molar-refractivity contribution < 1.29 is 24.2 Å². The smallest absolute Gasteiger partial charge is 0.307 e. The first kappa shape index (κ1) is 20.0. The first-order valence-electron chi connectivity index (χ1n) is 7.68. The average Bonchev–Trinajstić information content (AvgIpc) is 2.57. The maximum Gasteiger partial charge on any atom is 0.307 e. The second-order valence-corrected chi connectivity index (χ2v) is 5.10. The van der Waals surface area contributed by atoms with E-state index < -0.39 is 33.1 Å². The first-order valence-corrected chi connectivity index (χ1v) is 7.68. The van der Waals surface area contributed by atoms with E-state index in [1.807, 2.05) is 6.92 Å². The van der Waals surface area contributed by atoms with Gasteiger partial charge in [0.15, 0.2) is 0 Å². The van der Waals surface area contributed by atoms with Crippen molar-refractivity contribution in [3.05, 3.63) is 44.0 Å². The number of rotatable bonds is 9. The molecule has 0 heterocycles. The first-order chi connectivity index (χ1) is 11.8. The minimum Gasteiger partial charge on any atom is -0.466 e. The summed E-state index contributed by atoms with van der Waals surface area (Å²) in [5.74, 6) is -1.08. The molecule has 0 saturated carbocycles. The van der Waals surface area contributed by atoms with Crippen LogP contribution in [0.15, 0.2) is 18.2 Å². The highest BCUT2D eigenvalue weighted by Crippen LogP contribution is 2.23. The number of hydrogen-bond acceptors (Lipinski definition) is 7. The van der Waals surface area contributed by atoms with E-state index in [1.165, 1.54) is 4.90 Å². The summed E-state index contributed by atoms with van der Waals surface area (Å²) in [5.41, 5.74) is -1.25. The van der Waals surface area contributed by atoms with Crippen LogP contribution in [0.3, 0.4) is 0 Å². The van der Waals surface area contributed by atoms with E-state index in [2.05, 4.69) is 0 Å². The van der Waals surface area contributed by atoms with Gasteiger partial charge >= 0.3 is 5.97 Å². The molecule has 0 radical (unpaired) electrons. The summed E-state index contributed by atoms with van der Waals surface area (Å²) in [7, 11) is 0. The summed E-state index contributed by atoms with van der Waals surface area (Å²) in [6.07, 6.45) is 0.558. The minimum atomic E-state index is -0.799. The lowest BCUT2D eigenvalue weighted by Crippen LogP contribution is -2.34. The lowest BCUT2D eigenvalue weighted by atomic mass is 10.1. The third-order valence-corrected chi connectivity index (χ3v) is 3.24. The minimum absolute atomic E-state index is 0.0312. The number of nitrogens with zero attached hydrogens (tertiary/aromatic N) is 3. The van der Waals surface area contributed by atoms with E-state index in [1.54, 1.807) is 6.92 Å².